The zero-order valence-electron chi connectivity index (χ0n) is 14.9. The molecule has 1 aliphatic heterocycles. The summed E-state index contributed by atoms with van der Waals surface area (Å²) < 4.78 is 11.4. The first-order valence-electron chi connectivity index (χ1n) is 8.11. The van der Waals surface area contributed by atoms with Gasteiger partial charge in [0.05, 0.1) is 32.7 Å². The summed E-state index contributed by atoms with van der Waals surface area (Å²) in [5.41, 5.74) is 1.80. The van der Waals surface area contributed by atoms with Crippen molar-refractivity contribution in [3.63, 3.8) is 0 Å². The zero-order chi connectivity index (χ0) is 19.2. The van der Waals surface area contributed by atoms with Crippen molar-refractivity contribution in [3.8, 4) is 11.5 Å². The van der Waals surface area contributed by atoms with Crippen molar-refractivity contribution in [3.05, 3.63) is 58.1 Å². The molecule has 2 aromatic carbocycles. The molecule has 1 saturated heterocycles. The number of ether oxygens (including phenoxy) is 2. The molecule has 6 nitrogen and oxygen atoms in total. The van der Waals surface area contributed by atoms with E-state index in [9.17, 15) is 4.79 Å². The smallest absolute Gasteiger partial charge is 0.239 e. The van der Waals surface area contributed by atoms with Crippen LogP contribution in [0.1, 0.15) is 11.1 Å². The van der Waals surface area contributed by atoms with Crippen LogP contribution in [0.2, 0.25) is 0 Å². The van der Waals surface area contributed by atoms with Gasteiger partial charge in [0.1, 0.15) is 11.5 Å². The van der Waals surface area contributed by atoms with Crippen molar-refractivity contribution in [2.45, 2.75) is 6.54 Å². The van der Waals surface area contributed by atoms with Gasteiger partial charge in [-0.1, -0.05) is 39.8 Å². The molecular weight excluding hydrogens is 430 g/mol. The summed E-state index contributed by atoms with van der Waals surface area (Å²) in [6.45, 7) is 0.449. The number of nitrogens with zero attached hydrogens (tertiary/aromatic N) is 3. The monoisotopic (exact) mass is 447 g/mol. The van der Waals surface area contributed by atoms with Crippen molar-refractivity contribution < 1.29 is 14.3 Å². The van der Waals surface area contributed by atoms with Gasteiger partial charge in [-0.2, -0.15) is 5.10 Å². The third-order valence-corrected chi connectivity index (χ3v) is 5.33. The molecule has 1 fully saturated rings. The molecule has 0 aromatic heterocycles. The van der Waals surface area contributed by atoms with Crippen molar-refractivity contribution >= 4 is 45.0 Å². The second kappa shape index (κ2) is 9.05. The van der Waals surface area contributed by atoms with Gasteiger partial charge in [0.15, 0.2) is 5.17 Å². The molecule has 0 spiro atoms. The number of benzene rings is 2. The van der Waals surface area contributed by atoms with E-state index >= 15 is 0 Å². The molecule has 0 saturated carbocycles. The highest BCUT2D eigenvalue weighted by atomic mass is 79.9. The number of hydrogen-bond donors (Lipinski definition) is 0. The Morgan fingerprint density at radius 1 is 1.19 bits per heavy atom. The number of amidine groups is 1. The Hall–Kier alpha value is -2.32. The largest absolute Gasteiger partial charge is 0.497 e. The molecule has 8 heteroatoms. The second-order valence-electron chi connectivity index (χ2n) is 5.63. The van der Waals surface area contributed by atoms with Crippen LogP contribution in [-0.2, 0) is 11.3 Å². The van der Waals surface area contributed by atoms with Gasteiger partial charge in [0.2, 0.25) is 5.91 Å². The lowest BCUT2D eigenvalue weighted by atomic mass is 10.2. The molecule has 0 bridgehead atoms. The molecule has 0 aliphatic carbocycles. The minimum Gasteiger partial charge on any atom is -0.497 e. The van der Waals surface area contributed by atoms with Gasteiger partial charge >= 0.3 is 0 Å². The topological polar surface area (TPSA) is 63.5 Å². The first-order chi connectivity index (χ1) is 13.1. The van der Waals surface area contributed by atoms with Gasteiger partial charge < -0.3 is 9.47 Å². The maximum atomic E-state index is 12.2. The van der Waals surface area contributed by atoms with Crippen LogP contribution in [0.25, 0.3) is 0 Å². The average Bonchev–Trinajstić information content (AvgIpc) is 3.02. The number of amides is 1. The van der Waals surface area contributed by atoms with E-state index in [1.807, 2.05) is 42.5 Å². The summed E-state index contributed by atoms with van der Waals surface area (Å²) in [6, 6.07) is 13.2. The fraction of sp³-hybridized carbons (Fsp3) is 0.211. The van der Waals surface area contributed by atoms with E-state index in [0.29, 0.717) is 23.2 Å². The van der Waals surface area contributed by atoms with E-state index in [-0.39, 0.29) is 5.91 Å². The fourth-order valence-electron chi connectivity index (χ4n) is 2.49. The maximum absolute atomic E-state index is 12.2. The molecule has 27 heavy (non-hydrogen) atoms. The van der Waals surface area contributed by atoms with Crippen molar-refractivity contribution in [2.24, 2.45) is 10.2 Å². The van der Waals surface area contributed by atoms with Crippen LogP contribution in [-0.4, -0.2) is 42.2 Å². The first-order valence-corrected chi connectivity index (χ1v) is 9.89. The minimum absolute atomic E-state index is 0.0183. The molecule has 3 rings (SSSR count). The predicted molar refractivity (Wildman–Crippen MR) is 112 cm³/mol. The van der Waals surface area contributed by atoms with Gasteiger partial charge in [-0.15, -0.1) is 5.10 Å². The van der Waals surface area contributed by atoms with Gasteiger partial charge in [-0.3, -0.25) is 9.69 Å². The normalized spacial score (nSPS) is 15.7. The Bertz CT molecular complexity index is 884. The summed E-state index contributed by atoms with van der Waals surface area (Å²) in [6.07, 6.45) is 1.62. The van der Waals surface area contributed by atoms with E-state index < -0.39 is 0 Å². The molecular formula is C19H18BrN3O3S. The van der Waals surface area contributed by atoms with Crippen molar-refractivity contribution in [1.29, 1.82) is 0 Å². The zero-order valence-corrected chi connectivity index (χ0v) is 17.3. The fourth-order valence-corrected chi connectivity index (χ4v) is 3.70. The summed E-state index contributed by atoms with van der Waals surface area (Å²) in [7, 11) is 3.23. The van der Waals surface area contributed by atoms with Crippen LogP contribution in [0.5, 0.6) is 11.5 Å². The molecule has 1 amide bonds. The number of methoxy groups -OCH3 is 2. The van der Waals surface area contributed by atoms with E-state index in [1.54, 1.807) is 25.3 Å². The van der Waals surface area contributed by atoms with E-state index in [2.05, 4.69) is 26.1 Å². The summed E-state index contributed by atoms with van der Waals surface area (Å²) in [5, 5.41) is 8.98. The van der Waals surface area contributed by atoms with Gasteiger partial charge in [-0.05, 0) is 35.9 Å². The lowest BCUT2D eigenvalue weighted by molar-refractivity contribution is -0.124. The first kappa shape index (κ1) is 19.4. The highest BCUT2D eigenvalue weighted by molar-refractivity contribution is 9.10. The van der Waals surface area contributed by atoms with Crippen LogP contribution >= 0.6 is 27.7 Å². The average molecular weight is 448 g/mol. The Balaban J connectivity index is 1.76. The van der Waals surface area contributed by atoms with Crippen LogP contribution in [0.15, 0.2) is 57.1 Å². The van der Waals surface area contributed by atoms with E-state index in [4.69, 9.17) is 9.47 Å². The molecule has 2 aromatic rings. The Morgan fingerprint density at radius 2 is 1.96 bits per heavy atom. The molecule has 140 valence electrons. The van der Waals surface area contributed by atoms with Gasteiger partial charge in [-0.25, -0.2) is 0 Å². The van der Waals surface area contributed by atoms with Gasteiger partial charge in [0.25, 0.3) is 0 Å². The molecule has 0 N–H and O–H groups in total. The third-order valence-electron chi connectivity index (χ3n) is 3.89. The van der Waals surface area contributed by atoms with Crippen molar-refractivity contribution in [2.75, 3.05) is 20.0 Å². The number of hydrogen-bond acceptors (Lipinski definition) is 6. The quantitative estimate of drug-likeness (QED) is 0.496. The molecule has 0 radical (unpaired) electrons. The number of carbonyl (C=O) groups is 1. The standard InChI is InChI=1S/C19H18BrN3O3S/c1-25-16-6-3-13(4-7-16)11-23-18(24)12-27-19(23)22-21-10-14-9-15(20)5-8-17(14)26-2/h3-10H,11-12H2,1-2H3. The lowest BCUT2D eigenvalue weighted by Crippen LogP contribution is -2.28. The number of thioether (sulfide) groups is 1. The van der Waals surface area contributed by atoms with Crippen LogP contribution < -0.4 is 9.47 Å². The molecule has 0 atom stereocenters. The highest BCUT2D eigenvalue weighted by Gasteiger charge is 2.28. The highest BCUT2D eigenvalue weighted by Crippen LogP contribution is 2.24. The SMILES string of the molecule is COc1ccc(CN2C(=O)CSC2=NN=Cc2cc(Br)ccc2OC)cc1. The third kappa shape index (κ3) is 4.90. The Morgan fingerprint density at radius 3 is 2.67 bits per heavy atom. The maximum Gasteiger partial charge on any atom is 0.239 e. The van der Waals surface area contributed by atoms with Crippen LogP contribution in [0.3, 0.4) is 0 Å². The van der Waals surface area contributed by atoms with Crippen molar-refractivity contribution in [1.82, 2.24) is 4.90 Å². The summed E-state index contributed by atoms with van der Waals surface area (Å²) in [5.74, 6) is 1.87. The summed E-state index contributed by atoms with van der Waals surface area (Å²) in [4.78, 5) is 13.9. The van der Waals surface area contributed by atoms with Crippen LogP contribution in [0.4, 0.5) is 0 Å². The molecule has 1 heterocycles. The minimum atomic E-state index is 0.0183. The molecule has 1 aliphatic rings. The number of rotatable bonds is 6. The van der Waals surface area contributed by atoms with E-state index in [0.717, 1.165) is 21.3 Å². The Kier molecular flexibility index (Phi) is 6.52. The van der Waals surface area contributed by atoms with E-state index in [1.165, 1.54) is 11.8 Å². The number of halogens is 1. The van der Waals surface area contributed by atoms with Gasteiger partial charge in [0, 0.05) is 10.0 Å². The van der Waals surface area contributed by atoms with Crippen LogP contribution in [0, 0.1) is 0 Å². The predicted octanol–water partition coefficient (Wildman–Crippen LogP) is 3.93. The lowest BCUT2D eigenvalue weighted by Gasteiger charge is -2.15. The Labute approximate surface area is 170 Å². The second-order valence-corrected chi connectivity index (χ2v) is 7.49. The summed E-state index contributed by atoms with van der Waals surface area (Å²) >= 11 is 4.81. The molecule has 0 unspecified atom stereocenters. The number of carbonyl (C=O) groups excluding carboxylic acids is 1.